The number of aliphatic hydroxyl groups excluding tert-OH is 1. The number of hydrogen-bond donors (Lipinski definition) is 2. The monoisotopic (exact) mass is 292 g/mol. The Morgan fingerprint density at radius 1 is 1.48 bits per heavy atom. The van der Waals surface area contributed by atoms with E-state index in [4.69, 9.17) is 4.74 Å². The van der Waals surface area contributed by atoms with E-state index < -0.39 is 6.10 Å². The maximum absolute atomic E-state index is 12.1. The number of β-amino-alcohol motifs (C(OH)–C–C–N with tert-alkyl or cyclic N) is 1. The minimum absolute atomic E-state index is 0.106. The first-order valence-electron chi connectivity index (χ1n) is 7.49. The van der Waals surface area contributed by atoms with Crippen molar-refractivity contribution < 1.29 is 14.6 Å². The van der Waals surface area contributed by atoms with Gasteiger partial charge in [-0.05, 0) is 31.4 Å². The molecule has 1 heterocycles. The molecule has 1 aliphatic rings. The Labute approximate surface area is 125 Å². The number of urea groups is 1. The number of ether oxygens (including phenoxy) is 1. The number of nitrogens with one attached hydrogen (secondary N) is 1. The summed E-state index contributed by atoms with van der Waals surface area (Å²) in [6.07, 6.45) is 0.303. The van der Waals surface area contributed by atoms with Crippen molar-refractivity contribution in [2.24, 2.45) is 5.92 Å². The van der Waals surface area contributed by atoms with Gasteiger partial charge >= 0.3 is 6.03 Å². The number of likely N-dealkylation sites (tertiary alicyclic amines) is 1. The van der Waals surface area contributed by atoms with Gasteiger partial charge in [0.05, 0.1) is 12.6 Å². The smallest absolute Gasteiger partial charge is 0.317 e. The number of aliphatic hydroxyl groups is 1. The number of piperidine rings is 1. The SMILES string of the molecule is CC(CNC(=O)N1CCC(C)C(O)C1)Oc1ccccc1. The molecule has 1 aromatic carbocycles. The summed E-state index contributed by atoms with van der Waals surface area (Å²) in [4.78, 5) is 13.7. The first-order valence-corrected chi connectivity index (χ1v) is 7.49. The minimum Gasteiger partial charge on any atom is -0.489 e. The predicted octanol–water partition coefficient (Wildman–Crippen LogP) is 1.87. The lowest BCUT2D eigenvalue weighted by Crippen LogP contribution is -2.50. The van der Waals surface area contributed by atoms with Crippen LogP contribution in [0.2, 0.25) is 0 Å². The molecule has 2 amide bonds. The van der Waals surface area contributed by atoms with Crippen LogP contribution in [0, 0.1) is 5.92 Å². The molecule has 5 nitrogen and oxygen atoms in total. The average molecular weight is 292 g/mol. The highest BCUT2D eigenvalue weighted by Gasteiger charge is 2.27. The molecule has 0 radical (unpaired) electrons. The molecule has 1 aliphatic heterocycles. The van der Waals surface area contributed by atoms with Crippen LogP contribution in [0.1, 0.15) is 20.3 Å². The second kappa shape index (κ2) is 7.31. The Morgan fingerprint density at radius 2 is 2.19 bits per heavy atom. The molecule has 1 fully saturated rings. The predicted molar refractivity (Wildman–Crippen MR) is 81.3 cm³/mol. The van der Waals surface area contributed by atoms with Crippen molar-refractivity contribution in [3.8, 4) is 5.75 Å². The van der Waals surface area contributed by atoms with Gasteiger partial charge in [-0.25, -0.2) is 4.79 Å². The molecule has 2 rings (SSSR count). The van der Waals surface area contributed by atoms with Crippen molar-refractivity contribution >= 4 is 6.03 Å². The van der Waals surface area contributed by atoms with E-state index in [0.717, 1.165) is 12.2 Å². The van der Waals surface area contributed by atoms with Gasteiger partial charge in [0, 0.05) is 13.1 Å². The molecule has 1 saturated heterocycles. The highest BCUT2D eigenvalue weighted by Crippen LogP contribution is 2.16. The third-order valence-corrected chi connectivity index (χ3v) is 3.83. The van der Waals surface area contributed by atoms with Gasteiger partial charge in [-0.15, -0.1) is 0 Å². The fourth-order valence-corrected chi connectivity index (χ4v) is 2.35. The van der Waals surface area contributed by atoms with Crippen molar-refractivity contribution in [1.82, 2.24) is 10.2 Å². The Morgan fingerprint density at radius 3 is 2.86 bits per heavy atom. The van der Waals surface area contributed by atoms with Crippen molar-refractivity contribution in [2.75, 3.05) is 19.6 Å². The van der Waals surface area contributed by atoms with E-state index >= 15 is 0 Å². The van der Waals surface area contributed by atoms with Crippen LogP contribution in [-0.4, -0.2) is 47.9 Å². The van der Waals surface area contributed by atoms with E-state index in [-0.39, 0.29) is 18.1 Å². The summed E-state index contributed by atoms with van der Waals surface area (Å²) in [6, 6.07) is 9.40. The van der Waals surface area contributed by atoms with Gasteiger partial charge in [-0.2, -0.15) is 0 Å². The van der Waals surface area contributed by atoms with Gasteiger partial charge in [0.15, 0.2) is 0 Å². The minimum atomic E-state index is -0.428. The van der Waals surface area contributed by atoms with E-state index in [0.29, 0.717) is 19.6 Å². The summed E-state index contributed by atoms with van der Waals surface area (Å²) in [5, 5.41) is 12.7. The van der Waals surface area contributed by atoms with Gasteiger partial charge in [-0.1, -0.05) is 25.1 Å². The largest absolute Gasteiger partial charge is 0.489 e. The van der Waals surface area contributed by atoms with Crippen LogP contribution in [0.3, 0.4) is 0 Å². The fourth-order valence-electron chi connectivity index (χ4n) is 2.35. The average Bonchev–Trinajstić information content (AvgIpc) is 2.48. The normalized spacial score (nSPS) is 23.5. The maximum Gasteiger partial charge on any atom is 0.317 e. The van der Waals surface area contributed by atoms with Crippen LogP contribution in [0.15, 0.2) is 30.3 Å². The molecule has 21 heavy (non-hydrogen) atoms. The quantitative estimate of drug-likeness (QED) is 0.890. The molecule has 3 atom stereocenters. The van der Waals surface area contributed by atoms with E-state index in [1.54, 1.807) is 4.90 Å². The Hall–Kier alpha value is -1.75. The zero-order valence-electron chi connectivity index (χ0n) is 12.7. The van der Waals surface area contributed by atoms with Gasteiger partial charge in [-0.3, -0.25) is 0 Å². The first kappa shape index (κ1) is 15.6. The van der Waals surface area contributed by atoms with Gasteiger partial charge in [0.1, 0.15) is 11.9 Å². The van der Waals surface area contributed by atoms with Gasteiger partial charge in [0.2, 0.25) is 0 Å². The number of para-hydroxylation sites is 1. The highest BCUT2D eigenvalue weighted by molar-refractivity contribution is 5.74. The number of nitrogens with zero attached hydrogens (tertiary/aromatic N) is 1. The zero-order chi connectivity index (χ0) is 15.2. The number of benzene rings is 1. The molecular weight excluding hydrogens is 268 g/mol. The summed E-state index contributed by atoms with van der Waals surface area (Å²) in [5.74, 6) is 1.05. The number of carbonyl (C=O) groups is 1. The summed E-state index contributed by atoms with van der Waals surface area (Å²) in [7, 11) is 0. The molecule has 0 aromatic heterocycles. The van der Waals surface area contributed by atoms with Crippen LogP contribution >= 0.6 is 0 Å². The first-order chi connectivity index (χ1) is 10.1. The molecule has 2 N–H and O–H groups in total. The summed E-state index contributed by atoms with van der Waals surface area (Å²) in [5.41, 5.74) is 0. The molecular formula is C16H24N2O3. The van der Waals surface area contributed by atoms with Gasteiger partial charge in [0.25, 0.3) is 0 Å². The van der Waals surface area contributed by atoms with Crippen molar-refractivity contribution in [3.63, 3.8) is 0 Å². The number of hydrogen-bond acceptors (Lipinski definition) is 3. The van der Waals surface area contributed by atoms with Crippen LogP contribution in [0.25, 0.3) is 0 Å². The lowest BCUT2D eigenvalue weighted by Gasteiger charge is -2.34. The summed E-state index contributed by atoms with van der Waals surface area (Å²) in [6.45, 7) is 5.46. The second-order valence-electron chi connectivity index (χ2n) is 5.71. The molecule has 5 heteroatoms. The number of rotatable bonds is 4. The summed E-state index contributed by atoms with van der Waals surface area (Å²) >= 11 is 0. The third-order valence-electron chi connectivity index (χ3n) is 3.83. The van der Waals surface area contributed by atoms with Crippen molar-refractivity contribution in [1.29, 1.82) is 0 Å². The fraction of sp³-hybridized carbons (Fsp3) is 0.562. The second-order valence-corrected chi connectivity index (χ2v) is 5.71. The van der Waals surface area contributed by atoms with Gasteiger partial charge < -0.3 is 20.1 Å². The molecule has 1 aromatic rings. The van der Waals surface area contributed by atoms with Crippen LogP contribution in [-0.2, 0) is 0 Å². The van der Waals surface area contributed by atoms with Crippen LogP contribution in [0.4, 0.5) is 4.79 Å². The Bertz CT molecular complexity index is 452. The molecule has 0 bridgehead atoms. The van der Waals surface area contributed by atoms with E-state index in [1.165, 1.54) is 0 Å². The number of carbonyl (C=O) groups excluding carboxylic acids is 1. The van der Waals surface area contributed by atoms with E-state index in [2.05, 4.69) is 5.32 Å². The molecule has 0 saturated carbocycles. The Kier molecular flexibility index (Phi) is 5.44. The third kappa shape index (κ3) is 4.63. The van der Waals surface area contributed by atoms with E-state index in [1.807, 2.05) is 44.2 Å². The molecule has 3 unspecified atom stereocenters. The molecule has 116 valence electrons. The van der Waals surface area contributed by atoms with E-state index in [9.17, 15) is 9.90 Å². The number of amides is 2. The lowest BCUT2D eigenvalue weighted by atomic mass is 9.96. The summed E-state index contributed by atoms with van der Waals surface area (Å²) < 4.78 is 5.71. The lowest BCUT2D eigenvalue weighted by molar-refractivity contribution is 0.0431. The molecule has 0 spiro atoms. The Balaban J connectivity index is 1.73. The standard InChI is InChI=1S/C16H24N2O3/c1-12-8-9-18(11-15(12)19)16(20)17-10-13(2)21-14-6-4-3-5-7-14/h3-7,12-13,15,19H,8-11H2,1-2H3,(H,17,20). The zero-order valence-corrected chi connectivity index (χ0v) is 12.7. The van der Waals surface area contributed by atoms with Crippen molar-refractivity contribution in [2.45, 2.75) is 32.5 Å². The van der Waals surface area contributed by atoms with Crippen LogP contribution in [0.5, 0.6) is 5.75 Å². The highest BCUT2D eigenvalue weighted by atomic mass is 16.5. The maximum atomic E-state index is 12.1. The molecule has 0 aliphatic carbocycles. The van der Waals surface area contributed by atoms with Crippen LogP contribution < -0.4 is 10.1 Å². The topological polar surface area (TPSA) is 61.8 Å². The van der Waals surface area contributed by atoms with Crippen molar-refractivity contribution in [3.05, 3.63) is 30.3 Å².